The Morgan fingerprint density at radius 3 is 2.68 bits per heavy atom. The molecule has 0 bridgehead atoms. The molecule has 28 heavy (non-hydrogen) atoms. The van der Waals surface area contributed by atoms with Gasteiger partial charge in [-0.25, -0.2) is 0 Å². The number of carboxylic acid groups (broad SMARTS) is 1. The van der Waals surface area contributed by atoms with E-state index < -0.39 is 11.9 Å². The van der Waals surface area contributed by atoms with Gasteiger partial charge < -0.3 is 21.5 Å². The summed E-state index contributed by atoms with van der Waals surface area (Å²) in [5.41, 5.74) is 9.40. The molecule has 5 N–H and O–H groups in total. The number of carboxylic acids is 1. The smallest absolute Gasteiger partial charge is 0.303 e. The first-order chi connectivity index (χ1) is 13.4. The number of allylic oxidation sites excluding steroid dienone is 6. The lowest BCUT2D eigenvalue weighted by atomic mass is 9.92. The highest BCUT2D eigenvalue weighted by molar-refractivity contribution is 5.78. The van der Waals surface area contributed by atoms with Crippen LogP contribution < -0.4 is 16.4 Å². The van der Waals surface area contributed by atoms with Crippen LogP contribution in [-0.2, 0) is 9.59 Å². The molecule has 0 radical (unpaired) electrons. The van der Waals surface area contributed by atoms with Crippen LogP contribution in [0.25, 0.3) is 0 Å². The molecule has 2 unspecified atom stereocenters. The predicted molar refractivity (Wildman–Crippen MR) is 111 cm³/mol. The zero-order valence-corrected chi connectivity index (χ0v) is 16.7. The van der Waals surface area contributed by atoms with E-state index in [2.05, 4.69) is 41.9 Å². The molecule has 2 rings (SSSR count). The van der Waals surface area contributed by atoms with Crippen molar-refractivity contribution in [2.45, 2.75) is 52.4 Å². The fraction of sp³-hybridized carbons (Fsp3) is 0.455. The van der Waals surface area contributed by atoms with Crippen LogP contribution in [-0.4, -0.2) is 17.0 Å². The lowest BCUT2D eigenvalue weighted by Gasteiger charge is -2.32. The highest BCUT2D eigenvalue weighted by Gasteiger charge is 2.25. The molecule has 0 aromatic heterocycles. The number of nitrogens with one attached hydrogen (secondary N) is 2. The molecular formula is C22H31N3O3. The molecule has 0 aromatic carbocycles. The summed E-state index contributed by atoms with van der Waals surface area (Å²) in [6.07, 6.45) is 16.4. The number of unbranched alkanes of at least 4 members (excludes halogenated alkanes) is 1. The Balaban J connectivity index is 2.31. The average molecular weight is 386 g/mol. The highest BCUT2D eigenvalue weighted by atomic mass is 16.4. The Kier molecular flexibility index (Phi) is 8.11. The summed E-state index contributed by atoms with van der Waals surface area (Å²) in [6.45, 7) is 3.85. The molecule has 0 saturated heterocycles. The summed E-state index contributed by atoms with van der Waals surface area (Å²) < 4.78 is 0. The molecule has 0 fully saturated rings. The van der Waals surface area contributed by atoms with Crippen LogP contribution in [0.4, 0.5) is 0 Å². The van der Waals surface area contributed by atoms with Crippen LogP contribution in [0.2, 0.25) is 0 Å². The number of hydrogen-bond acceptors (Lipinski definition) is 4. The van der Waals surface area contributed by atoms with Crippen molar-refractivity contribution in [2.24, 2.45) is 17.6 Å². The Labute approximate surface area is 167 Å². The zero-order chi connectivity index (χ0) is 20.5. The number of primary amides is 1. The van der Waals surface area contributed by atoms with Crippen LogP contribution in [0, 0.1) is 11.8 Å². The number of hydrogen-bond donors (Lipinski definition) is 4. The number of rotatable bonds is 9. The lowest BCUT2D eigenvalue weighted by molar-refractivity contribution is -0.137. The summed E-state index contributed by atoms with van der Waals surface area (Å²) in [5.74, 6) is -1.30. The number of carbonyl (C=O) groups is 2. The molecule has 6 nitrogen and oxygen atoms in total. The topological polar surface area (TPSA) is 104 Å². The molecule has 152 valence electrons. The Morgan fingerprint density at radius 1 is 1.29 bits per heavy atom. The van der Waals surface area contributed by atoms with Crippen molar-refractivity contribution >= 4 is 11.9 Å². The molecule has 1 amide bonds. The van der Waals surface area contributed by atoms with Gasteiger partial charge in [0.15, 0.2) is 0 Å². The first-order valence-corrected chi connectivity index (χ1v) is 9.96. The van der Waals surface area contributed by atoms with Gasteiger partial charge in [-0.05, 0) is 38.2 Å². The van der Waals surface area contributed by atoms with Crippen molar-refractivity contribution in [2.75, 3.05) is 0 Å². The Hall–Kier alpha value is -2.76. The van der Waals surface area contributed by atoms with E-state index in [9.17, 15) is 9.59 Å². The number of carbonyl (C=O) groups excluding carboxylic acids is 1. The second-order valence-corrected chi connectivity index (χ2v) is 7.20. The monoisotopic (exact) mass is 385 g/mol. The van der Waals surface area contributed by atoms with Crippen molar-refractivity contribution in [3.8, 4) is 0 Å². The van der Waals surface area contributed by atoms with Crippen LogP contribution in [0.3, 0.4) is 0 Å². The number of aliphatic carboxylic acids is 1. The van der Waals surface area contributed by atoms with Crippen LogP contribution >= 0.6 is 0 Å². The van der Waals surface area contributed by atoms with Gasteiger partial charge in [0.2, 0.25) is 5.91 Å². The molecule has 2 aliphatic rings. The third-order valence-electron chi connectivity index (χ3n) is 4.86. The maximum atomic E-state index is 11.5. The summed E-state index contributed by atoms with van der Waals surface area (Å²) in [5, 5.41) is 16.0. The second kappa shape index (κ2) is 10.5. The standard InChI is InChI=1S/C22H31N3O3/c1-3-9-17-19(14-15(2)22(23)28)24-18(12-7-8-13-20(26)27)21(25-17)16-10-5-4-6-11-16/h4-6,9-10,14-16,24-25H,3,7-8,11-13H2,1-2H3,(H2,23,28)(H,26,27)/b17-9+,19-14+. The van der Waals surface area contributed by atoms with E-state index in [1.54, 1.807) is 6.92 Å². The SMILES string of the molecule is CC/C=C1/NC(C2C=CC=CC2)=C(CCCCC(=O)O)N/C1=C/C(C)C(N)=O. The van der Waals surface area contributed by atoms with E-state index in [1.165, 1.54) is 0 Å². The van der Waals surface area contributed by atoms with E-state index in [0.29, 0.717) is 6.42 Å². The molecule has 1 heterocycles. The minimum absolute atomic E-state index is 0.171. The summed E-state index contributed by atoms with van der Waals surface area (Å²) in [4.78, 5) is 22.3. The van der Waals surface area contributed by atoms with Gasteiger partial charge in [0.25, 0.3) is 0 Å². The van der Waals surface area contributed by atoms with Crippen molar-refractivity contribution in [3.63, 3.8) is 0 Å². The molecule has 1 aliphatic heterocycles. The summed E-state index contributed by atoms with van der Waals surface area (Å²) >= 11 is 0. The summed E-state index contributed by atoms with van der Waals surface area (Å²) in [6, 6.07) is 0. The average Bonchev–Trinajstić information content (AvgIpc) is 2.67. The molecule has 2 atom stereocenters. The minimum Gasteiger partial charge on any atom is -0.481 e. The minimum atomic E-state index is -0.770. The second-order valence-electron chi connectivity index (χ2n) is 7.20. The first kappa shape index (κ1) is 21.5. The molecular weight excluding hydrogens is 354 g/mol. The van der Waals surface area contributed by atoms with Crippen LogP contribution in [0.5, 0.6) is 0 Å². The van der Waals surface area contributed by atoms with Crippen molar-refractivity contribution in [1.29, 1.82) is 0 Å². The van der Waals surface area contributed by atoms with Gasteiger partial charge in [-0.3, -0.25) is 9.59 Å². The first-order valence-electron chi connectivity index (χ1n) is 9.96. The molecule has 0 saturated carbocycles. The van der Waals surface area contributed by atoms with Gasteiger partial charge in [0.05, 0.1) is 17.3 Å². The third-order valence-corrected chi connectivity index (χ3v) is 4.86. The molecule has 6 heteroatoms. The van der Waals surface area contributed by atoms with Gasteiger partial charge in [0, 0.05) is 23.7 Å². The van der Waals surface area contributed by atoms with Crippen LogP contribution in [0.1, 0.15) is 52.4 Å². The van der Waals surface area contributed by atoms with Gasteiger partial charge in [-0.2, -0.15) is 0 Å². The molecule has 0 aromatic rings. The van der Waals surface area contributed by atoms with E-state index >= 15 is 0 Å². The Morgan fingerprint density at radius 2 is 2.07 bits per heavy atom. The number of nitrogens with two attached hydrogens (primary N) is 1. The van der Waals surface area contributed by atoms with Crippen LogP contribution in [0.15, 0.2) is 59.2 Å². The zero-order valence-electron chi connectivity index (χ0n) is 16.7. The largest absolute Gasteiger partial charge is 0.481 e. The maximum Gasteiger partial charge on any atom is 0.303 e. The van der Waals surface area contributed by atoms with Crippen molar-refractivity contribution in [3.05, 3.63) is 59.2 Å². The van der Waals surface area contributed by atoms with Crippen molar-refractivity contribution in [1.82, 2.24) is 10.6 Å². The maximum absolute atomic E-state index is 11.5. The summed E-state index contributed by atoms with van der Waals surface area (Å²) in [7, 11) is 0. The fourth-order valence-electron chi connectivity index (χ4n) is 3.30. The van der Waals surface area contributed by atoms with Gasteiger partial charge in [0.1, 0.15) is 0 Å². The highest BCUT2D eigenvalue weighted by Crippen LogP contribution is 2.30. The lowest BCUT2D eigenvalue weighted by Crippen LogP contribution is -2.36. The Bertz CT molecular complexity index is 744. The molecule has 1 aliphatic carbocycles. The van der Waals surface area contributed by atoms with Gasteiger partial charge in [-0.1, -0.05) is 44.2 Å². The number of amides is 1. The van der Waals surface area contributed by atoms with Gasteiger partial charge in [-0.15, -0.1) is 0 Å². The third kappa shape index (κ3) is 6.15. The predicted octanol–water partition coefficient (Wildman–Crippen LogP) is 3.47. The van der Waals surface area contributed by atoms with E-state index in [-0.39, 0.29) is 18.2 Å². The fourth-order valence-corrected chi connectivity index (χ4v) is 3.30. The normalized spacial score (nSPS) is 22.9. The van der Waals surface area contributed by atoms with Crippen molar-refractivity contribution < 1.29 is 14.7 Å². The van der Waals surface area contributed by atoms with E-state index in [4.69, 9.17) is 10.8 Å². The molecule has 0 spiro atoms. The van der Waals surface area contributed by atoms with E-state index in [1.807, 2.05) is 12.2 Å². The quantitative estimate of drug-likeness (QED) is 0.455. The van der Waals surface area contributed by atoms with Gasteiger partial charge >= 0.3 is 5.97 Å². The van der Waals surface area contributed by atoms with E-state index in [0.717, 1.165) is 48.5 Å².